The van der Waals surface area contributed by atoms with Gasteiger partial charge < -0.3 is 29.3 Å². The molecular weight excluding hydrogens is 482 g/mol. The van der Waals surface area contributed by atoms with Crippen molar-refractivity contribution in [1.82, 2.24) is 15.1 Å². The highest BCUT2D eigenvalue weighted by molar-refractivity contribution is 5.95. The maximum atomic E-state index is 13.8. The first-order chi connectivity index (χ1) is 18.4. The van der Waals surface area contributed by atoms with Crippen LogP contribution in [0.5, 0.6) is 5.75 Å². The molecular formula is C30H47N3O5. The van der Waals surface area contributed by atoms with E-state index in [4.69, 9.17) is 14.2 Å². The highest BCUT2D eigenvalue weighted by Gasteiger charge is 2.41. The Kier molecular flexibility index (Phi) is 10.4. The van der Waals surface area contributed by atoms with Crippen molar-refractivity contribution in [3.05, 3.63) is 29.3 Å². The van der Waals surface area contributed by atoms with Crippen LogP contribution in [0.2, 0.25) is 0 Å². The SMILES string of the molecule is CCc1ccc(C(=O)N(C[C@@H]2CNC[C@H]2CN(C(=O)[C@@H]2CCOC2)C2CC2)C(C)C)cc1OCCCOC. The van der Waals surface area contributed by atoms with Crippen molar-refractivity contribution in [3.8, 4) is 5.75 Å². The molecule has 8 nitrogen and oxygen atoms in total. The number of carbonyl (C=O) groups is 2. The van der Waals surface area contributed by atoms with Gasteiger partial charge in [-0.3, -0.25) is 9.59 Å². The largest absolute Gasteiger partial charge is 0.493 e. The van der Waals surface area contributed by atoms with Crippen LogP contribution in [-0.2, 0) is 20.7 Å². The monoisotopic (exact) mass is 529 g/mol. The molecule has 1 aromatic carbocycles. The van der Waals surface area contributed by atoms with Crippen LogP contribution in [0, 0.1) is 17.8 Å². The van der Waals surface area contributed by atoms with E-state index in [1.165, 1.54) is 0 Å². The summed E-state index contributed by atoms with van der Waals surface area (Å²) in [5.74, 6) is 1.73. The van der Waals surface area contributed by atoms with E-state index in [0.717, 1.165) is 63.1 Å². The van der Waals surface area contributed by atoms with Gasteiger partial charge in [-0.1, -0.05) is 13.0 Å². The molecule has 0 spiro atoms. The third kappa shape index (κ3) is 7.27. The summed E-state index contributed by atoms with van der Waals surface area (Å²) in [5, 5.41) is 3.55. The lowest BCUT2D eigenvalue weighted by Crippen LogP contribution is -2.46. The Morgan fingerprint density at radius 3 is 2.50 bits per heavy atom. The first-order valence-corrected chi connectivity index (χ1v) is 14.6. The Hall–Kier alpha value is -2.16. The summed E-state index contributed by atoms with van der Waals surface area (Å²) < 4.78 is 16.7. The average molecular weight is 530 g/mol. The summed E-state index contributed by atoms with van der Waals surface area (Å²) >= 11 is 0. The molecule has 1 saturated carbocycles. The standard InChI is InChI=1S/C30H47N3O5/c1-5-22-7-8-23(15-28(22)38-13-6-12-36-4)29(34)32(21(2)3)18-25-16-31-17-26(25)19-33(27-9-10-27)30(35)24-11-14-37-20-24/h7-8,15,21,24-27,31H,5-6,9-14,16-20H2,1-4H3/t24-,25+,26+/m1/s1. The van der Waals surface area contributed by atoms with E-state index >= 15 is 0 Å². The normalized spacial score (nSPS) is 23.1. The van der Waals surface area contributed by atoms with Gasteiger partial charge in [-0.15, -0.1) is 0 Å². The third-order valence-electron chi connectivity index (χ3n) is 8.22. The maximum Gasteiger partial charge on any atom is 0.254 e. The lowest BCUT2D eigenvalue weighted by atomic mass is 9.93. The molecule has 2 amide bonds. The summed E-state index contributed by atoms with van der Waals surface area (Å²) in [5.41, 5.74) is 1.77. The molecule has 2 heterocycles. The van der Waals surface area contributed by atoms with Gasteiger partial charge in [-0.2, -0.15) is 0 Å². The van der Waals surface area contributed by atoms with Gasteiger partial charge in [0.15, 0.2) is 0 Å². The summed E-state index contributed by atoms with van der Waals surface area (Å²) in [6.07, 6.45) is 4.69. The number of hydrogen-bond donors (Lipinski definition) is 1. The van der Waals surface area contributed by atoms with E-state index in [2.05, 4.69) is 31.0 Å². The Morgan fingerprint density at radius 1 is 1.11 bits per heavy atom. The van der Waals surface area contributed by atoms with E-state index in [9.17, 15) is 9.59 Å². The van der Waals surface area contributed by atoms with Crippen LogP contribution < -0.4 is 10.1 Å². The summed E-state index contributed by atoms with van der Waals surface area (Å²) in [7, 11) is 1.69. The molecule has 0 radical (unpaired) electrons. The van der Waals surface area contributed by atoms with E-state index in [0.29, 0.717) is 56.4 Å². The number of nitrogens with one attached hydrogen (secondary N) is 1. The van der Waals surface area contributed by atoms with Crippen molar-refractivity contribution < 1.29 is 23.8 Å². The first-order valence-electron chi connectivity index (χ1n) is 14.6. The molecule has 1 aromatic rings. The van der Waals surface area contributed by atoms with Crippen LogP contribution in [0.15, 0.2) is 18.2 Å². The predicted molar refractivity (Wildman–Crippen MR) is 147 cm³/mol. The van der Waals surface area contributed by atoms with Gasteiger partial charge in [-0.05, 0) is 69.1 Å². The van der Waals surface area contributed by atoms with Gasteiger partial charge in [-0.25, -0.2) is 0 Å². The fraction of sp³-hybridized carbons (Fsp3) is 0.733. The second kappa shape index (κ2) is 13.8. The van der Waals surface area contributed by atoms with Gasteiger partial charge in [0.1, 0.15) is 5.75 Å². The number of hydrogen-bond acceptors (Lipinski definition) is 6. The third-order valence-corrected chi connectivity index (χ3v) is 8.22. The fourth-order valence-corrected chi connectivity index (χ4v) is 5.68. The van der Waals surface area contributed by atoms with Gasteiger partial charge in [0, 0.05) is 70.6 Å². The highest BCUT2D eigenvalue weighted by Crippen LogP contribution is 2.33. The molecule has 3 aliphatic rings. The molecule has 38 heavy (non-hydrogen) atoms. The zero-order chi connectivity index (χ0) is 27.1. The maximum absolute atomic E-state index is 13.8. The van der Waals surface area contributed by atoms with Gasteiger partial charge in [0.25, 0.3) is 5.91 Å². The summed E-state index contributed by atoms with van der Waals surface area (Å²) in [6, 6.07) is 6.30. The Balaban J connectivity index is 1.43. The highest BCUT2D eigenvalue weighted by atomic mass is 16.5. The molecule has 0 bridgehead atoms. The molecule has 3 atom stereocenters. The van der Waals surface area contributed by atoms with Crippen LogP contribution in [0.4, 0.5) is 0 Å². The van der Waals surface area contributed by atoms with E-state index in [1.54, 1.807) is 7.11 Å². The quantitative estimate of drug-likeness (QED) is 0.372. The summed E-state index contributed by atoms with van der Waals surface area (Å²) in [4.78, 5) is 31.2. The lowest BCUT2D eigenvalue weighted by molar-refractivity contribution is -0.136. The number of rotatable bonds is 14. The smallest absolute Gasteiger partial charge is 0.254 e. The number of nitrogens with zero attached hydrogens (tertiary/aromatic N) is 2. The second-order valence-electron chi connectivity index (χ2n) is 11.4. The van der Waals surface area contributed by atoms with E-state index < -0.39 is 0 Å². The van der Waals surface area contributed by atoms with Crippen LogP contribution in [-0.4, -0.2) is 93.4 Å². The molecule has 212 valence electrons. The number of methoxy groups -OCH3 is 1. The van der Waals surface area contributed by atoms with Crippen molar-refractivity contribution in [3.63, 3.8) is 0 Å². The molecule has 1 aliphatic carbocycles. The molecule has 1 N–H and O–H groups in total. The van der Waals surface area contributed by atoms with Crippen LogP contribution in [0.3, 0.4) is 0 Å². The number of aryl methyl sites for hydroxylation is 1. The van der Waals surface area contributed by atoms with Gasteiger partial charge >= 0.3 is 0 Å². The molecule has 8 heteroatoms. The average Bonchev–Trinajstić information content (AvgIpc) is 3.41. The first kappa shape index (κ1) is 28.8. The van der Waals surface area contributed by atoms with E-state index in [-0.39, 0.29) is 23.8 Å². The van der Waals surface area contributed by atoms with Gasteiger partial charge in [0.2, 0.25) is 5.91 Å². The Bertz CT molecular complexity index is 928. The lowest BCUT2D eigenvalue weighted by Gasteiger charge is -2.34. The molecule has 0 aromatic heterocycles. The van der Waals surface area contributed by atoms with Crippen LogP contribution in [0.25, 0.3) is 0 Å². The zero-order valence-electron chi connectivity index (χ0n) is 23.7. The summed E-state index contributed by atoms with van der Waals surface area (Å²) in [6.45, 7) is 11.9. The molecule has 2 saturated heterocycles. The minimum atomic E-state index is 0.00848. The van der Waals surface area contributed by atoms with Crippen molar-refractivity contribution in [2.75, 3.05) is 59.7 Å². The molecule has 4 rings (SSSR count). The topological polar surface area (TPSA) is 80.3 Å². The minimum Gasteiger partial charge on any atom is -0.493 e. The predicted octanol–water partition coefficient (Wildman–Crippen LogP) is 3.38. The number of carbonyl (C=O) groups excluding carboxylic acids is 2. The molecule has 0 unspecified atom stereocenters. The fourth-order valence-electron chi connectivity index (χ4n) is 5.68. The van der Waals surface area contributed by atoms with Crippen molar-refractivity contribution in [1.29, 1.82) is 0 Å². The number of amides is 2. The Labute approximate surface area is 228 Å². The van der Waals surface area contributed by atoms with Crippen molar-refractivity contribution in [2.24, 2.45) is 17.8 Å². The van der Waals surface area contributed by atoms with Crippen LogP contribution >= 0.6 is 0 Å². The second-order valence-corrected chi connectivity index (χ2v) is 11.4. The van der Waals surface area contributed by atoms with E-state index in [1.807, 2.05) is 23.1 Å². The van der Waals surface area contributed by atoms with Crippen LogP contribution in [0.1, 0.15) is 62.4 Å². The number of ether oxygens (including phenoxy) is 3. The van der Waals surface area contributed by atoms with Crippen molar-refractivity contribution in [2.45, 2.75) is 65.0 Å². The molecule has 2 aliphatic heterocycles. The number of benzene rings is 1. The molecule has 3 fully saturated rings. The van der Waals surface area contributed by atoms with Gasteiger partial charge in [0.05, 0.1) is 19.1 Å². The zero-order valence-corrected chi connectivity index (χ0v) is 23.7. The van der Waals surface area contributed by atoms with Crippen molar-refractivity contribution >= 4 is 11.8 Å². The Morgan fingerprint density at radius 2 is 1.87 bits per heavy atom. The minimum absolute atomic E-state index is 0.00848.